The van der Waals surface area contributed by atoms with Crippen LogP contribution in [0, 0.1) is 0 Å². The quantitative estimate of drug-likeness (QED) is 0.0270. The number of allylic oxidation sites excluding steroid dienone is 4. The van der Waals surface area contributed by atoms with Crippen LogP contribution >= 0.6 is 0 Å². The van der Waals surface area contributed by atoms with Crippen LogP contribution in [0.3, 0.4) is 0 Å². The molecule has 0 aromatic carbocycles. The number of quaternary nitrogens is 1. The molecule has 382 valence electrons. The van der Waals surface area contributed by atoms with Crippen molar-refractivity contribution >= 4 is 0 Å². The van der Waals surface area contributed by atoms with Crippen molar-refractivity contribution in [2.45, 2.75) is 232 Å². The standard InChI is InChI=1S/C55H110NO8/c1-5-7-9-11-13-15-17-19-21-23-25-27-29-31-33-38-44-61-53-54(62-45-39-34-32-30-28-26-24-22-20-18-16-14-12-10-8-6-2)52-56(3,4)41-37-35-36-40-55(63-50-48-59-46-42-57)64-51-49-60-47-43-58/h19-22,54-55,57-58H,5-18,23-53H2,1-4H3/q+1/b21-19-,22-20-. The minimum atomic E-state index is -0.318. The van der Waals surface area contributed by atoms with Crippen LogP contribution in [-0.2, 0) is 28.4 Å². The number of likely N-dealkylation sites (N-methyl/N-ethyl adjacent to an activating group) is 1. The highest BCUT2D eigenvalue weighted by Crippen LogP contribution is 2.15. The van der Waals surface area contributed by atoms with E-state index in [2.05, 4.69) is 52.2 Å². The van der Waals surface area contributed by atoms with Gasteiger partial charge in [0.1, 0.15) is 12.6 Å². The van der Waals surface area contributed by atoms with E-state index in [1.807, 2.05) is 0 Å². The molecule has 0 aromatic heterocycles. The molecule has 0 heterocycles. The first-order valence-corrected chi connectivity index (χ1v) is 27.4. The highest BCUT2D eigenvalue weighted by Gasteiger charge is 2.23. The van der Waals surface area contributed by atoms with E-state index in [-0.39, 0.29) is 25.6 Å². The molecule has 0 bridgehead atoms. The summed E-state index contributed by atoms with van der Waals surface area (Å²) in [7, 11) is 4.67. The minimum Gasteiger partial charge on any atom is -0.394 e. The van der Waals surface area contributed by atoms with E-state index in [0.717, 1.165) is 69.3 Å². The minimum absolute atomic E-state index is 0.00699. The summed E-state index contributed by atoms with van der Waals surface area (Å²) in [5.74, 6) is 0. The van der Waals surface area contributed by atoms with E-state index >= 15 is 0 Å². The molecule has 2 N–H and O–H groups in total. The normalized spacial score (nSPS) is 12.9. The van der Waals surface area contributed by atoms with Crippen molar-refractivity contribution in [1.29, 1.82) is 0 Å². The van der Waals surface area contributed by atoms with Crippen molar-refractivity contribution in [2.75, 3.05) is 99.9 Å². The number of ether oxygens (including phenoxy) is 6. The van der Waals surface area contributed by atoms with Gasteiger partial charge in [-0.25, -0.2) is 0 Å². The van der Waals surface area contributed by atoms with Crippen molar-refractivity contribution in [3.63, 3.8) is 0 Å². The first-order valence-electron chi connectivity index (χ1n) is 27.4. The van der Waals surface area contributed by atoms with Crippen LogP contribution in [0.5, 0.6) is 0 Å². The highest BCUT2D eigenvalue weighted by molar-refractivity contribution is 4.82. The molecule has 9 nitrogen and oxygen atoms in total. The van der Waals surface area contributed by atoms with E-state index in [4.69, 9.17) is 38.6 Å². The monoisotopic (exact) mass is 913 g/mol. The predicted octanol–water partition coefficient (Wildman–Crippen LogP) is 13.5. The predicted molar refractivity (Wildman–Crippen MR) is 271 cm³/mol. The Kier molecular flexibility index (Phi) is 52.4. The van der Waals surface area contributed by atoms with Gasteiger partial charge in [0.2, 0.25) is 0 Å². The van der Waals surface area contributed by atoms with Crippen LogP contribution in [0.25, 0.3) is 0 Å². The van der Waals surface area contributed by atoms with Crippen LogP contribution in [-0.4, -0.2) is 127 Å². The maximum Gasteiger partial charge on any atom is 0.157 e. The Labute approximate surface area is 397 Å². The third-order valence-electron chi connectivity index (χ3n) is 12.0. The molecule has 9 heteroatoms. The average molecular weight is 913 g/mol. The molecule has 0 aliphatic heterocycles. The van der Waals surface area contributed by atoms with E-state index in [0.29, 0.717) is 46.2 Å². The maximum absolute atomic E-state index is 8.96. The molecule has 0 aromatic rings. The summed E-state index contributed by atoms with van der Waals surface area (Å²) < 4.78 is 36.4. The molecule has 0 aliphatic carbocycles. The van der Waals surface area contributed by atoms with Gasteiger partial charge in [0.05, 0.1) is 80.1 Å². The third-order valence-corrected chi connectivity index (χ3v) is 12.0. The van der Waals surface area contributed by atoms with E-state index in [1.54, 1.807) is 0 Å². The van der Waals surface area contributed by atoms with Gasteiger partial charge in [0, 0.05) is 13.2 Å². The molecular weight excluding hydrogens is 803 g/mol. The highest BCUT2D eigenvalue weighted by atomic mass is 16.7. The summed E-state index contributed by atoms with van der Waals surface area (Å²) in [6, 6.07) is 0. The van der Waals surface area contributed by atoms with Gasteiger partial charge in [0.25, 0.3) is 0 Å². The molecule has 0 spiro atoms. The molecule has 1 atom stereocenters. The average Bonchev–Trinajstić information content (AvgIpc) is 3.28. The maximum atomic E-state index is 8.96. The molecule has 0 aliphatic rings. The molecule has 0 saturated heterocycles. The van der Waals surface area contributed by atoms with E-state index < -0.39 is 0 Å². The van der Waals surface area contributed by atoms with Gasteiger partial charge in [0.15, 0.2) is 6.29 Å². The zero-order chi connectivity index (χ0) is 46.5. The summed E-state index contributed by atoms with van der Waals surface area (Å²) in [4.78, 5) is 0. The lowest BCUT2D eigenvalue weighted by Gasteiger charge is -2.33. The molecule has 0 amide bonds. The SMILES string of the molecule is CCCCCCCC/C=C\CCCCCCCCOCC(C[N+](C)(C)CCCCCC(OCCOCCO)OCCOCCO)OCCCCCCCC/C=C\CCCCCCCC. The largest absolute Gasteiger partial charge is 0.394 e. The zero-order valence-electron chi connectivity index (χ0n) is 43.1. The Bertz CT molecular complexity index is 920. The smallest absolute Gasteiger partial charge is 0.157 e. The zero-order valence-corrected chi connectivity index (χ0v) is 43.1. The Balaban J connectivity index is 4.57. The lowest BCUT2D eigenvalue weighted by Crippen LogP contribution is -2.48. The Hall–Kier alpha value is -0.880. The molecule has 0 fully saturated rings. The van der Waals surface area contributed by atoms with Crippen molar-refractivity contribution in [3.8, 4) is 0 Å². The number of unbranched alkanes of at least 4 members (excludes halogenated alkanes) is 26. The van der Waals surface area contributed by atoms with Gasteiger partial charge in [-0.05, 0) is 89.9 Å². The van der Waals surface area contributed by atoms with Crippen molar-refractivity contribution in [3.05, 3.63) is 24.3 Å². The van der Waals surface area contributed by atoms with Gasteiger partial charge in [-0.1, -0.05) is 154 Å². The molecule has 0 radical (unpaired) electrons. The lowest BCUT2D eigenvalue weighted by atomic mass is 10.1. The van der Waals surface area contributed by atoms with Gasteiger partial charge >= 0.3 is 0 Å². The van der Waals surface area contributed by atoms with Gasteiger partial charge < -0.3 is 43.1 Å². The van der Waals surface area contributed by atoms with Crippen LogP contribution in [0.15, 0.2) is 24.3 Å². The second-order valence-corrected chi connectivity index (χ2v) is 19.0. The Morgan fingerprint density at radius 3 is 1.25 bits per heavy atom. The summed E-state index contributed by atoms with van der Waals surface area (Å²) in [5, 5.41) is 17.9. The van der Waals surface area contributed by atoms with Crippen LogP contribution in [0.4, 0.5) is 0 Å². The molecular formula is C55H110NO8+. The number of rotatable bonds is 55. The number of nitrogens with zero attached hydrogens (tertiary/aromatic N) is 1. The number of aliphatic hydroxyl groups is 2. The number of hydrogen-bond acceptors (Lipinski definition) is 8. The van der Waals surface area contributed by atoms with E-state index in [1.165, 1.54) is 167 Å². The first-order chi connectivity index (χ1) is 31.5. The van der Waals surface area contributed by atoms with Crippen molar-refractivity contribution in [1.82, 2.24) is 0 Å². The fourth-order valence-corrected chi connectivity index (χ4v) is 8.11. The summed E-state index contributed by atoms with van der Waals surface area (Å²) in [5.41, 5.74) is 0. The van der Waals surface area contributed by atoms with Crippen molar-refractivity contribution in [2.24, 2.45) is 0 Å². The Morgan fingerprint density at radius 1 is 0.391 bits per heavy atom. The fraction of sp³-hybridized carbons (Fsp3) is 0.927. The van der Waals surface area contributed by atoms with Gasteiger partial charge in [-0.2, -0.15) is 0 Å². The molecule has 0 rings (SSSR count). The molecule has 1 unspecified atom stereocenters. The second kappa shape index (κ2) is 53.1. The number of aliphatic hydroxyl groups excluding tert-OH is 2. The third kappa shape index (κ3) is 50.5. The van der Waals surface area contributed by atoms with Crippen LogP contribution < -0.4 is 0 Å². The molecule has 0 saturated carbocycles. The lowest BCUT2D eigenvalue weighted by molar-refractivity contribution is -0.893. The Morgan fingerprint density at radius 2 is 0.797 bits per heavy atom. The summed E-state index contributed by atoms with van der Waals surface area (Å²) in [6.07, 6.45) is 50.4. The van der Waals surface area contributed by atoms with E-state index in [9.17, 15) is 0 Å². The van der Waals surface area contributed by atoms with Gasteiger partial charge in [-0.3, -0.25) is 0 Å². The topological polar surface area (TPSA) is 95.8 Å². The second-order valence-electron chi connectivity index (χ2n) is 19.0. The summed E-state index contributed by atoms with van der Waals surface area (Å²) in [6.45, 7) is 11.3. The fourth-order valence-electron chi connectivity index (χ4n) is 8.11. The van der Waals surface area contributed by atoms with Gasteiger partial charge in [-0.15, -0.1) is 0 Å². The molecule has 64 heavy (non-hydrogen) atoms. The van der Waals surface area contributed by atoms with Crippen LogP contribution in [0.2, 0.25) is 0 Å². The summed E-state index contributed by atoms with van der Waals surface area (Å²) >= 11 is 0. The first kappa shape index (κ1) is 63.1. The van der Waals surface area contributed by atoms with Crippen molar-refractivity contribution < 1.29 is 43.1 Å². The van der Waals surface area contributed by atoms with Crippen LogP contribution in [0.1, 0.15) is 219 Å². The number of hydrogen-bond donors (Lipinski definition) is 2.